The first-order chi connectivity index (χ1) is 12.3. The van der Waals surface area contributed by atoms with Crippen LogP contribution in [-0.2, 0) is 21.9 Å². The van der Waals surface area contributed by atoms with Crippen LogP contribution in [0.1, 0.15) is 12.8 Å². The standard InChI is InChI=1S/C16H18ClFN4O3S/c1-21-9-15(19-10-21)26(24,25)22-6-2-3-11(8-22)16(23)20-12-4-5-13(17)14(18)7-12/h4-5,7,9-11H,2-3,6,8H2,1H3,(H,20,23). The summed E-state index contributed by atoms with van der Waals surface area (Å²) >= 11 is 5.63. The van der Waals surface area contributed by atoms with Crippen molar-refractivity contribution in [2.24, 2.45) is 13.0 Å². The minimum Gasteiger partial charge on any atom is -0.339 e. The molecule has 1 unspecified atom stereocenters. The van der Waals surface area contributed by atoms with Gasteiger partial charge in [-0.1, -0.05) is 11.6 Å². The van der Waals surface area contributed by atoms with Crippen molar-refractivity contribution in [3.8, 4) is 0 Å². The third-order valence-corrected chi connectivity index (χ3v) is 6.28. The predicted octanol–water partition coefficient (Wildman–Crippen LogP) is 2.25. The number of carbonyl (C=O) groups is 1. The molecule has 1 atom stereocenters. The maximum atomic E-state index is 13.5. The number of imidazole rings is 1. The molecule has 0 spiro atoms. The van der Waals surface area contributed by atoms with E-state index in [-0.39, 0.29) is 28.2 Å². The second-order valence-corrected chi connectivity index (χ2v) is 8.49. The molecule has 2 heterocycles. The highest BCUT2D eigenvalue weighted by Gasteiger charge is 2.34. The number of anilines is 1. The van der Waals surface area contributed by atoms with Gasteiger partial charge in [0.1, 0.15) is 5.82 Å². The summed E-state index contributed by atoms with van der Waals surface area (Å²) in [4.78, 5) is 16.4. The number of aryl methyl sites for hydroxylation is 1. The molecule has 3 rings (SSSR count). The Hall–Kier alpha value is -1.97. The van der Waals surface area contributed by atoms with Crippen molar-refractivity contribution in [3.05, 3.63) is 41.6 Å². The lowest BCUT2D eigenvalue weighted by molar-refractivity contribution is -0.120. The first-order valence-corrected chi connectivity index (χ1v) is 9.83. The molecule has 0 radical (unpaired) electrons. The molecule has 1 amide bonds. The summed E-state index contributed by atoms with van der Waals surface area (Å²) < 4.78 is 41.6. The van der Waals surface area contributed by atoms with Crippen molar-refractivity contribution in [2.75, 3.05) is 18.4 Å². The van der Waals surface area contributed by atoms with Crippen LogP contribution in [0.5, 0.6) is 0 Å². The number of carbonyl (C=O) groups excluding carboxylic acids is 1. The third-order valence-electron chi connectivity index (χ3n) is 4.23. The van der Waals surface area contributed by atoms with E-state index >= 15 is 0 Å². The lowest BCUT2D eigenvalue weighted by Gasteiger charge is -2.30. The summed E-state index contributed by atoms with van der Waals surface area (Å²) in [6.45, 7) is 0.388. The zero-order chi connectivity index (χ0) is 18.9. The molecule has 1 aromatic heterocycles. The fourth-order valence-electron chi connectivity index (χ4n) is 2.85. The van der Waals surface area contributed by atoms with E-state index < -0.39 is 21.8 Å². The van der Waals surface area contributed by atoms with Crippen LogP contribution >= 0.6 is 11.6 Å². The normalized spacial score (nSPS) is 18.7. The molecule has 1 N–H and O–H groups in total. The molecule has 26 heavy (non-hydrogen) atoms. The van der Waals surface area contributed by atoms with Crippen LogP contribution in [0.4, 0.5) is 10.1 Å². The Morgan fingerprint density at radius 1 is 1.42 bits per heavy atom. The number of amides is 1. The monoisotopic (exact) mass is 400 g/mol. The van der Waals surface area contributed by atoms with Gasteiger partial charge in [-0.25, -0.2) is 17.8 Å². The van der Waals surface area contributed by atoms with Gasteiger partial charge in [-0.15, -0.1) is 0 Å². The molecule has 2 aromatic rings. The number of benzene rings is 1. The molecule has 0 aliphatic carbocycles. The molecule has 0 bridgehead atoms. The highest BCUT2D eigenvalue weighted by Crippen LogP contribution is 2.25. The fourth-order valence-corrected chi connectivity index (χ4v) is 4.45. The second-order valence-electron chi connectivity index (χ2n) is 6.20. The van der Waals surface area contributed by atoms with Gasteiger partial charge in [-0.3, -0.25) is 4.79 Å². The van der Waals surface area contributed by atoms with E-state index in [0.717, 1.165) is 6.07 Å². The predicted molar refractivity (Wildman–Crippen MR) is 94.7 cm³/mol. The maximum absolute atomic E-state index is 13.5. The summed E-state index contributed by atoms with van der Waals surface area (Å²) in [7, 11) is -2.06. The van der Waals surface area contributed by atoms with Gasteiger partial charge in [-0.05, 0) is 31.0 Å². The highest BCUT2D eigenvalue weighted by molar-refractivity contribution is 7.89. The number of sulfonamides is 1. The van der Waals surface area contributed by atoms with Gasteiger partial charge in [0, 0.05) is 32.0 Å². The quantitative estimate of drug-likeness (QED) is 0.853. The Kier molecular flexibility index (Phi) is 5.31. The number of hydrogen-bond donors (Lipinski definition) is 1. The van der Waals surface area contributed by atoms with Crippen molar-refractivity contribution in [2.45, 2.75) is 17.9 Å². The molecule has 1 fully saturated rings. The van der Waals surface area contributed by atoms with E-state index in [1.807, 2.05) is 0 Å². The third kappa shape index (κ3) is 3.89. The first kappa shape index (κ1) is 18.8. The van der Waals surface area contributed by atoms with Crippen LogP contribution in [0.15, 0.2) is 35.7 Å². The van der Waals surface area contributed by atoms with Gasteiger partial charge in [-0.2, -0.15) is 4.31 Å². The van der Waals surface area contributed by atoms with Gasteiger partial charge >= 0.3 is 0 Å². The number of hydrogen-bond acceptors (Lipinski definition) is 4. The van der Waals surface area contributed by atoms with Gasteiger partial charge < -0.3 is 9.88 Å². The van der Waals surface area contributed by atoms with Crippen LogP contribution in [0.2, 0.25) is 5.02 Å². The SMILES string of the molecule is Cn1cnc(S(=O)(=O)N2CCCC(C(=O)Nc3ccc(Cl)c(F)c3)C2)c1. The van der Waals surface area contributed by atoms with E-state index in [0.29, 0.717) is 19.4 Å². The summed E-state index contributed by atoms with van der Waals surface area (Å²) in [5.74, 6) is -1.51. The van der Waals surface area contributed by atoms with E-state index in [9.17, 15) is 17.6 Å². The molecule has 1 saturated heterocycles. The Morgan fingerprint density at radius 3 is 2.85 bits per heavy atom. The summed E-state index contributed by atoms with van der Waals surface area (Å²) in [5.41, 5.74) is 0.279. The Bertz CT molecular complexity index is 931. The molecule has 1 aromatic carbocycles. The topological polar surface area (TPSA) is 84.3 Å². The smallest absolute Gasteiger partial charge is 0.262 e. The molecular formula is C16H18ClFN4O3S. The maximum Gasteiger partial charge on any atom is 0.262 e. The van der Waals surface area contributed by atoms with E-state index in [1.165, 1.54) is 29.0 Å². The minimum absolute atomic E-state index is 0.0340. The first-order valence-electron chi connectivity index (χ1n) is 8.01. The summed E-state index contributed by atoms with van der Waals surface area (Å²) in [6.07, 6.45) is 3.95. The molecule has 7 nitrogen and oxygen atoms in total. The Morgan fingerprint density at radius 2 is 2.19 bits per heavy atom. The zero-order valence-corrected chi connectivity index (χ0v) is 15.6. The number of nitrogens with zero attached hydrogens (tertiary/aromatic N) is 3. The molecule has 1 aliphatic heterocycles. The number of halogens is 2. The molecule has 140 valence electrons. The lowest BCUT2D eigenvalue weighted by atomic mass is 9.99. The van der Waals surface area contributed by atoms with Crippen molar-refractivity contribution >= 4 is 33.2 Å². The molecule has 1 aliphatic rings. The molecule has 0 saturated carbocycles. The Labute approximate surface area is 155 Å². The van der Waals surface area contributed by atoms with E-state index in [2.05, 4.69) is 10.3 Å². The van der Waals surface area contributed by atoms with Crippen LogP contribution < -0.4 is 5.32 Å². The van der Waals surface area contributed by atoms with Crippen LogP contribution in [-0.4, -0.2) is 41.3 Å². The van der Waals surface area contributed by atoms with Crippen molar-refractivity contribution < 1.29 is 17.6 Å². The highest BCUT2D eigenvalue weighted by atomic mass is 35.5. The average molecular weight is 401 g/mol. The second kappa shape index (κ2) is 7.34. The number of rotatable bonds is 4. The lowest BCUT2D eigenvalue weighted by Crippen LogP contribution is -2.43. The van der Waals surface area contributed by atoms with Crippen LogP contribution in [0.3, 0.4) is 0 Å². The van der Waals surface area contributed by atoms with Crippen molar-refractivity contribution in [3.63, 3.8) is 0 Å². The molecule has 10 heteroatoms. The van der Waals surface area contributed by atoms with E-state index in [1.54, 1.807) is 11.6 Å². The number of piperidine rings is 1. The largest absolute Gasteiger partial charge is 0.339 e. The van der Waals surface area contributed by atoms with Crippen molar-refractivity contribution in [1.29, 1.82) is 0 Å². The summed E-state index contributed by atoms with van der Waals surface area (Å²) in [6, 6.07) is 3.98. The fraction of sp³-hybridized carbons (Fsp3) is 0.375. The van der Waals surface area contributed by atoms with Gasteiger partial charge in [0.25, 0.3) is 10.0 Å². The van der Waals surface area contributed by atoms with Crippen molar-refractivity contribution in [1.82, 2.24) is 13.9 Å². The number of aromatic nitrogens is 2. The zero-order valence-electron chi connectivity index (χ0n) is 14.0. The Balaban J connectivity index is 1.71. The van der Waals surface area contributed by atoms with Gasteiger partial charge in [0.15, 0.2) is 5.03 Å². The number of nitrogens with one attached hydrogen (secondary N) is 1. The molecular weight excluding hydrogens is 383 g/mol. The van der Waals surface area contributed by atoms with Gasteiger partial charge in [0.05, 0.1) is 17.3 Å². The van der Waals surface area contributed by atoms with Crippen LogP contribution in [0.25, 0.3) is 0 Å². The van der Waals surface area contributed by atoms with Crippen LogP contribution in [0, 0.1) is 11.7 Å². The van der Waals surface area contributed by atoms with E-state index in [4.69, 9.17) is 11.6 Å². The van der Waals surface area contributed by atoms with Gasteiger partial charge in [0.2, 0.25) is 5.91 Å². The summed E-state index contributed by atoms with van der Waals surface area (Å²) in [5, 5.41) is 2.54. The average Bonchev–Trinajstić information content (AvgIpc) is 3.05. The minimum atomic E-state index is -3.75.